The summed E-state index contributed by atoms with van der Waals surface area (Å²) in [4.78, 5) is 13.5. The molecular weight excluding hydrogens is 245 g/mol. The monoisotopic (exact) mass is 257 g/mol. The molecule has 96 valence electrons. The lowest BCUT2D eigenvalue weighted by Crippen LogP contribution is -2.27. The van der Waals surface area contributed by atoms with Crippen molar-refractivity contribution in [1.29, 1.82) is 0 Å². The molecule has 1 atom stereocenters. The summed E-state index contributed by atoms with van der Waals surface area (Å²) in [6.07, 6.45) is -0.936. The molecule has 1 amide bonds. The lowest BCUT2D eigenvalue weighted by molar-refractivity contribution is 0.0137. The summed E-state index contributed by atoms with van der Waals surface area (Å²) in [6, 6.07) is 12.9. The number of carbonyl (C=O) groups excluding carboxylic acids is 1. The van der Waals surface area contributed by atoms with E-state index in [2.05, 4.69) is 0 Å². The number of nitrogens with zero attached hydrogens (tertiary/aromatic N) is 1. The molecule has 1 N–H and O–H groups in total. The first kappa shape index (κ1) is 11.9. The van der Waals surface area contributed by atoms with E-state index >= 15 is 0 Å². The van der Waals surface area contributed by atoms with Gasteiger partial charge < -0.3 is 10.0 Å². The molecular formula is C15H12FNO2. The number of rotatable bonds is 2. The third kappa shape index (κ3) is 2.00. The first-order valence-electron chi connectivity index (χ1n) is 5.99. The van der Waals surface area contributed by atoms with E-state index in [-0.39, 0.29) is 18.3 Å². The highest BCUT2D eigenvalue weighted by Crippen LogP contribution is 2.32. The van der Waals surface area contributed by atoms with Crippen molar-refractivity contribution in [3.8, 4) is 0 Å². The molecule has 0 aromatic heterocycles. The number of hydrogen-bond donors (Lipinski definition) is 1. The average Bonchev–Trinajstić information content (AvgIpc) is 2.67. The van der Waals surface area contributed by atoms with Crippen LogP contribution in [0, 0.1) is 5.82 Å². The van der Waals surface area contributed by atoms with Crippen LogP contribution in [0.4, 0.5) is 4.39 Å². The minimum absolute atomic E-state index is 0.201. The quantitative estimate of drug-likeness (QED) is 0.897. The van der Waals surface area contributed by atoms with Crippen molar-refractivity contribution in [3.05, 3.63) is 71.0 Å². The van der Waals surface area contributed by atoms with Crippen LogP contribution >= 0.6 is 0 Å². The molecule has 0 bridgehead atoms. The molecule has 1 unspecified atom stereocenters. The minimum atomic E-state index is -0.936. The Balaban J connectivity index is 1.88. The van der Waals surface area contributed by atoms with Gasteiger partial charge in [0, 0.05) is 17.7 Å². The second-order valence-electron chi connectivity index (χ2n) is 4.52. The van der Waals surface area contributed by atoms with Crippen molar-refractivity contribution < 1.29 is 14.3 Å². The van der Waals surface area contributed by atoms with Gasteiger partial charge in [0.15, 0.2) is 6.23 Å². The van der Waals surface area contributed by atoms with Crippen LogP contribution in [0.15, 0.2) is 48.5 Å². The molecule has 3 rings (SSSR count). The van der Waals surface area contributed by atoms with Gasteiger partial charge in [-0.25, -0.2) is 4.39 Å². The molecule has 0 aliphatic carbocycles. The predicted molar refractivity (Wildman–Crippen MR) is 67.7 cm³/mol. The normalized spacial score (nSPS) is 17.7. The van der Waals surface area contributed by atoms with Gasteiger partial charge in [-0.3, -0.25) is 4.79 Å². The van der Waals surface area contributed by atoms with Crippen LogP contribution in [-0.2, 0) is 6.54 Å². The Labute approximate surface area is 109 Å². The number of amides is 1. The molecule has 19 heavy (non-hydrogen) atoms. The average molecular weight is 257 g/mol. The van der Waals surface area contributed by atoms with Gasteiger partial charge >= 0.3 is 0 Å². The SMILES string of the molecule is O=C1c2ccccc2C(O)N1Cc1ccc(F)cc1. The first-order valence-corrected chi connectivity index (χ1v) is 5.99. The van der Waals surface area contributed by atoms with Gasteiger partial charge in [-0.2, -0.15) is 0 Å². The van der Waals surface area contributed by atoms with E-state index < -0.39 is 6.23 Å². The van der Waals surface area contributed by atoms with Crippen LogP contribution in [0.2, 0.25) is 0 Å². The van der Waals surface area contributed by atoms with E-state index in [1.54, 1.807) is 36.4 Å². The largest absolute Gasteiger partial charge is 0.369 e. The zero-order valence-corrected chi connectivity index (χ0v) is 10.1. The summed E-state index contributed by atoms with van der Waals surface area (Å²) < 4.78 is 12.8. The van der Waals surface area contributed by atoms with Gasteiger partial charge in [0.2, 0.25) is 0 Å². The molecule has 4 heteroatoms. The van der Waals surface area contributed by atoms with E-state index in [9.17, 15) is 14.3 Å². The second-order valence-corrected chi connectivity index (χ2v) is 4.52. The molecule has 1 aliphatic heterocycles. The van der Waals surface area contributed by atoms with Crippen LogP contribution in [0.5, 0.6) is 0 Å². The lowest BCUT2D eigenvalue weighted by atomic mass is 10.1. The van der Waals surface area contributed by atoms with Crippen molar-refractivity contribution in [2.75, 3.05) is 0 Å². The summed E-state index contributed by atoms with van der Waals surface area (Å²) >= 11 is 0. The van der Waals surface area contributed by atoms with Crippen molar-refractivity contribution in [3.63, 3.8) is 0 Å². The highest BCUT2D eigenvalue weighted by Gasteiger charge is 2.34. The number of aliphatic hydroxyl groups is 1. The lowest BCUT2D eigenvalue weighted by Gasteiger charge is -2.20. The standard InChI is InChI=1S/C15H12FNO2/c16-11-7-5-10(6-8-11)9-17-14(18)12-3-1-2-4-13(12)15(17)19/h1-8,14,18H,9H2. The van der Waals surface area contributed by atoms with Crippen molar-refractivity contribution in [1.82, 2.24) is 4.90 Å². The van der Waals surface area contributed by atoms with Gasteiger partial charge in [0.25, 0.3) is 5.91 Å². The smallest absolute Gasteiger partial charge is 0.256 e. The van der Waals surface area contributed by atoms with Crippen LogP contribution in [0.1, 0.15) is 27.7 Å². The van der Waals surface area contributed by atoms with Crippen LogP contribution < -0.4 is 0 Å². The summed E-state index contributed by atoms with van der Waals surface area (Å²) in [5.74, 6) is -0.521. The maximum absolute atomic E-state index is 12.8. The van der Waals surface area contributed by atoms with Crippen LogP contribution in [-0.4, -0.2) is 15.9 Å². The third-order valence-electron chi connectivity index (χ3n) is 3.29. The van der Waals surface area contributed by atoms with Crippen LogP contribution in [0.3, 0.4) is 0 Å². The van der Waals surface area contributed by atoms with E-state index in [1.807, 2.05) is 0 Å². The summed E-state index contributed by atoms with van der Waals surface area (Å²) in [7, 11) is 0. The Morgan fingerprint density at radius 3 is 2.47 bits per heavy atom. The van der Waals surface area contributed by atoms with Gasteiger partial charge in [0.1, 0.15) is 5.82 Å². The molecule has 0 spiro atoms. The number of hydrogen-bond acceptors (Lipinski definition) is 2. The van der Waals surface area contributed by atoms with Crippen LogP contribution in [0.25, 0.3) is 0 Å². The number of halogens is 1. The highest BCUT2D eigenvalue weighted by atomic mass is 19.1. The Morgan fingerprint density at radius 2 is 1.79 bits per heavy atom. The second kappa shape index (κ2) is 4.48. The van der Waals surface area contributed by atoms with E-state index in [1.165, 1.54) is 17.0 Å². The zero-order chi connectivity index (χ0) is 13.4. The third-order valence-corrected chi connectivity index (χ3v) is 3.29. The van der Waals surface area contributed by atoms with Crippen molar-refractivity contribution in [2.45, 2.75) is 12.8 Å². The summed E-state index contributed by atoms with van der Waals surface area (Å²) in [5.41, 5.74) is 1.92. The summed E-state index contributed by atoms with van der Waals surface area (Å²) in [6.45, 7) is 0.259. The number of fused-ring (bicyclic) bond motifs is 1. The Hall–Kier alpha value is -2.20. The number of aliphatic hydroxyl groups excluding tert-OH is 1. The predicted octanol–water partition coefficient (Wildman–Crippen LogP) is 2.47. The molecule has 2 aromatic rings. The van der Waals surface area contributed by atoms with Gasteiger partial charge in [-0.05, 0) is 23.8 Å². The fourth-order valence-electron chi connectivity index (χ4n) is 2.30. The Bertz CT molecular complexity index is 624. The first-order chi connectivity index (χ1) is 9.16. The van der Waals surface area contributed by atoms with E-state index in [4.69, 9.17) is 0 Å². The fourth-order valence-corrected chi connectivity index (χ4v) is 2.30. The molecule has 3 nitrogen and oxygen atoms in total. The molecule has 1 heterocycles. The molecule has 0 fully saturated rings. The zero-order valence-electron chi connectivity index (χ0n) is 10.1. The molecule has 0 radical (unpaired) electrons. The number of benzene rings is 2. The maximum Gasteiger partial charge on any atom is 0.256 e. The minimum Gasteiger partial charge on any atom is -0.369 e. The van der Waals surface area contributed by atoms with Gasteiger partial charge in [0.05, 0.1) is 0 Å². The van der Waals surface area contributed by atoms with E-state index in [0.29, 0.717) is 11.1 Å². The molecule has 0 saturated heterocycles. The van der Waals surface area contributed by atoms with Gasteiger partial charge in [-0.1, -0.05) is 30.3 Å². The fraction of sp³-hybridized carbons (Fsp3) is 0.133. The Morgan fingerprint density at radius 1 is 1.11 bits per heavy atom. The molecule has 2 aromatic carbocycles. The highest BCUT2D eigenvalue weighted by molar-refractivity contribution is 5.98. The van der Waals surface area contributed by atoms with Crippen molar-refractivity contribution >= 4 is 5.91 Å². The topological polar surface area (TPSA) is 40.5 Å². The Kier molecular flexibility index (Phi) is 2.80. The van der Waals surface area contributed by atoms with Gasteiger partial charge in [-0.15, -0.1) is 0 Å². The number of carbonyl (C=O) groups is 1. The molecule has 1 aliphatic rings. The van der Waals surface area contributed by atoms with Crippen molar-refractivity contribution in [2.24, 2.45) is 0 Å². The van der Waals surface area contributed by atoms with E-state index in [0.717, 1.165) is 5.56 Å². The summed E-state index contributed by atoms with van der Waals surface area (Å²) in [5, 5.41) is 10.2. The molecule has 0 saturated carbocycles. The maximum atomic E-state index is 12.8.